The van der Waals surface area contributed by atoms with Gasteiger partial charge in [0.15, 0.2) is 23.0 Å². The molecule has 0 bridgehead atoms. The molecule has 3 aromatic carbocycles. The van der Waals surface area contributed by atoms with Gasteiger partial charge in [0.05, 0.1) is 59.3 Å². The van der Waals surface area contributed by atoms with Crippen LogP contribution in [0.4, 0.5) is 0 Å². The number of hydrogen-bond donors (Lipinski definition) is 4. The van der Waals surface area contributed by atoms with Crippen molar-refractivity contribution in [3.05, 3.63) is 71.8 Å². The molecule has 214 valence electrons. The van der Waals surface area contributed by atoms with Gasteiger partial charge >= 0.3 is 0 Å². The molecule has 0 aliphatic carbocycles. The van der Waals surface area contributed by atoms with Crippen LogP contribution in [-0.2, 0) is 15.3 Å². The molecule has 0 spiro atoms. The fourth-order valence-electron chi connectivity index (χ4n) is 5.79. The lowest BCUT2D eigenvalue weighted by atomic mass is 9.78. The Hall–Kier alpha value is -3.70. The van der Waals surface area contributed by atoms with E-state index in [9.17, 15) is 20.4 Å². The van der Waals surface area contributed by atoms with Crippen LogP contribution in [0.1, 0.15) is 17.2 Å². The van der Waals surface area contributed by atoms with Crippen molar-refractivity contribution in [3.63, 3.8) is 0 Å². The zero-order valence-corrected chi connectivity index (χ0v) is 22.5. The van der Waals surface area contributed by atoms with Crippen LogP contribution in [0.15, 0.2) is 60.7 Å². The molecule has 2 fully saturated rings. The first-order valence-electron chi connectivity index (χ1n) is 13.0. The van der Waals surface area contributed by atoms with E-state index in [1.807, 2.05) is 6.07 Å². The molecule has 40 heavy (non-hydrogen) atoms. The molecule has 6 unspecified atom stereocenters. The molecule has 4 N–H and O–H groups in total. The molecule has 0 saturated carbocycles. The molecule has 0 aromatic heterocycles. The molecule has 10 heteroatoms. The van der Waals surface area contributed by atoms with Crippen molar-refractivity contribution in [2.24, 2.45) is 17.8 Å². The van der Waals surface area contributed by atoms with Crippen molar-refractivity contribution < 1.29 is 48.8 Å². The third kappa shape index (κ3) is 4.88. The van der Waals surface area contributed by atoms with E-state index in [0.717, 1.165) is 5.56 Å². The first-order chi connectivity index (χ1) is 19.3. The summed E-state index contributed by atoms with van der Waals surface area (Å²) in [6.45, 7) is 0.149. The number of methoxy groups -OCH3 is 3. The maximum absolute atomic E-state index is 12.2. The van der Waals surface area contributed by atoms with Crippen LogP contribution < -0.4 is 18.9 Å². The van der Waals surface area contributed by atoms with Crippen LogP contribution in [0, 0.1) is 17.8 Å². The number of aliphatic hydroxyl groups excluding tert-OH is 1. The van der Waals surface area contributed by atoms with Gasteiger partial charge in [-0.2, -0.15) is 0 Å². The summed E-state index contributed by atoms with van der Waals surface area (Å²) >= 11 is 0. The van der Waals surface area contributed by atoms with Crippen LogP contribution in [0.5, 0.6) is 34.5 Å². The van der Waals surface area contributed by atoms with Gasteiger partial charge in [-0.05, 0) is 48.0 Å². The number of rotatable bonds is 10. The summed E-state index contributed by atoms with van der Waals surface area (Å²) in [5.74, 6) is -2.46. The van der Waals surface area contributed by atoms with Crippen LogP contribution in [0.3, 0.4) is 0 Å². The minimum atomic E-state index is -2.06. The number of aliphatic hydroxyl groups is 2. The van der Waals surface area contributed by atoms with E-state index >= 15 is 0 Å². The smallest absolute Gasteiger partial charge is 0.242 e. The Kier molecular flexibility index (Phi) is 7.95. The van der Waals surface area contributed by atoms with Gasteiger partial charge in [-0.15, -0.1) is 0 Å². The lowest BCUT2D eigenvalue weighted by Gasteiger charge is -2.39. The molecule has 2 aliphatic heterocycles. The molecule has 10 nitrogen and oxygen atoms in total. The van der Waals surface area contributed by atoms with Crippen molar-refractivity contribution in [2.75, 3.05) is 41.2 Å². The van der Waals surface area contributed by atoms with Gasteiger partial charge in [-0.1, -0.05) is 18.2 Å². The normalized spacial score (nSPS) is 24.1. The predicted octanol–water partition coefficient (Wildman–Crippen LogP) is 3.36. The predicted molar refractivity (Wildman–Crippen MR) is 143 cm³/mol. The Balaban J connectivity index is 1.49. The van der Waals surface area contributed by atoms with E-state index < -0.39 is 30.5 Å². The van der Waals surface area contributed by atoms with Crippen LogP contribution >= 0.6 is 0 Å². The van der Waals surface area contributed by atoms with Crippen LogP contribution in [0.25, 0.3) is 0 Å². The van der Waals surface area contributed by atoms with Crippen molar-refractivity contribution in [2.45, 2.75) is 18.0 Å². The third-order valence-electron chi connectivity index (χ3n) is 7.85. The van der Waals surface area contributed by atoms with E-state index in [-0.39, 0.29) is 46.1 Å². The average molecular weight is 555 g/mol. The van der Waals surface area contributed by atoms with Crippen molar-refractivity contribution >= 4 is 0 Å². The SMILES string of the molecule is COc1cc(C(O)(Oc2ccccc2)C(CO)C2OCC3C(c4cc(OC)c(O)c(OC)c4)OCC32)ccc1O. The molecule has 3 aromatic rings. The molecule has 2 saturated heterocycles. The number of fused-ring (bicyclic) bond motifs is 1. The summed E-state index contributed by atoms with van der Waals surface area (Å²) in [6.07, 6.45) is -1.04. The molecule has 5 rings (SSSR count). The number of hydrogen-bond acceptors (Lipinski definition) is 10. The van der Waals surface area contributed by atoms with Gasteiger partial charge in [0.1, 0.15) is 5.75 Å². The van der Waals surface area contributed by atoms with Gasteiger partial charge in [0.25, 0.3) is 0 Å². The van der Waals surface area contributed by atoms with Gasteiger partial charge in [0, 0.05) is 17.4 Å². The van der Waals surface area contributed by atoms with E-state index in [2.05, 4.69) is 0 Å². The third-order valence-corrected chi connectivity index (χ3v) is 7.85. The molecule has 6 atom stereocenters. The van der Waals surface area contributed by atoms with E-state index in [1.165, 1.54) is 39.5 Å². The van der Waals surface area contributed by atoms with Crippen molar-refractivity contribution in [3.8, 4) is 34.5 Å². The standard InChI is InChI=1S/C30H34O10/c1-35-24-13-18(9-10-23(24)32)30(34,40-19-7-5-4-6-8-19)22(14-31)29-21-16-38-28(20(21)15-39-29)17-11-25(36-2)27(33)26(12-17)37-3/h4-13,20-22,28-29,31-34H,14-16H2,1-3H3. The Bertz CT molecular complexity index is 1290. The quantitative estimate of drug-likeness (QED) is 0.276. The first kappa shape index (κ1) is 27.9. The number of aromatic hydroxyl groups is 2. The number of benzene rings is 3. The maximum Gasteiger partial charge on any atom is 0.242 e. The molecule has 0 amide bonds. The second-order valence-corrected chi connectivity index (χ2v) is 9.94. The van der Waals surface area contributed by atoms with Crippen molar-refractivity contribution in [1.29, 1.82) is 0 Å². The van der Waals surface area contributed by atoms with Gasteiger partial charge < -0.3 is 48.8 Å². The van der Waals surface area contributed by atoms with Crippen LogP contribution in [0.2, 0.25) is 0 Å². The lowest BCUT2D eigenvalue weighted by Crippen LogP contribution is -2.50. The monoisotopic (exact) mass is 554 g/mol. The Morgan fingerprint density at radius 2 is 1.50 bits per heavy atom. The number of phenols is 2. The van der Waals surface area contributed by atoms with Crippen molar-refractivity contribution in [1.82, 2.24) is 0 Å². The number of para-hydroxylation sites is 1. The fourth-order valence-corrected chi connectivity index (χ4v) is 5.79. The molecule has 0 radical (unpaired) electrons. The topological polar surface area (TPSA) is 136 Å². The zero-order valence-electron chi connectivity index (χ0n) is 22.5. The highest BCUT2D eigenvalue weighted by Gasteiger charge is 2.56. The largest absolute Gasteiger partial charge is 0.504 e. The average Bonchev–Trinajstić information content (AvgIpc) is 3.57. The van der Waals surface area contributed by atoms with E-state index in [4.69, 9.17) is 28.4 Å². The maximum atomic E-state index is 12.2. The summed E-state index contributed by atoms with van der Waals surface area (Å²) < 4.78 is 34.6. The number of phenolic OH excluding ortho intramolecular Hbond substituents is 2. The summed E-state index contributed by atoms with van der Waals surface area (Å²) in [7, 11) is 4.33. The van der Waals surface area contributed by atoms with Gasteiger partial charge in [-0.25, -0.2) is 0 Å². The molecule has 2 aliphatic rings. The Morgan fingerprint density at radius 3 is 2.12 bits per heavy atom. The highest BCUT2D eigenvalue weighted by molar-refractivity contribution is 5.53. The highest BCUT2D eigenvalue weighted by Crippen LogP contribution is 2.51. The Morgan fingerprint density at radius 1 is 0.850 bits per heavy atom. The second kappa shape index (κ2) is 11.4. The summed E-state index contributed by atoms with van der Waals surface area (Å²) in [4.78, 5) is 0. The highest BCUT2D eigenvalue weighted by atomic mass is 16.6. The van der Waals surface area contributed by atoms with E-state index in [0.29, 0.717) is 19.0 Å². The van der Waals surface area contributed by atoms with E-state index in [1.54, 1.807) is 36.4 Å². The summed E-state index contributed by atoms with van der Waals surface area (Å²) in [5, 5.41) is 43.5. The zero-order chi connectivity index (χ0) is 28.4. The second-order valence-electron chi connectivity index (χ2n) is 9.94. The van der Waals surface area contributed by atoms with Crippen LogP contribution in [-0.4, -0.2) is 67.7 Å². The fraction of sp³-hybridized carbons (Fsp3) is 0.400. The lowest BCUT2D eigenvalue weighted by molar-refractivity contribution is -0.226. The Labute approximate surface area is 232 Å². The summed E-state index contributed by atoms with van der Waals surface area (Å²) in [6, 6.07) is 16.6. The minimum absolute atomic E-state index is 0.0992. The molecule has 2 heterocycles. The molecular weight excluding hydrogens is 520 g/mol. The first-order valence-corrected chi connectivity index (χ1v) is 13.0. The number of ether oxygens (including phenoxy) is 6. The van der Waals surface area contributed by atoms with Gasteiger partial charge in [0.2, 0.25) is 11.5 Å². The summed E-state index contributed by atoms with van der Waals surface area (Å²) in [5.41, 5.74) is 1.03. The minimum Gasteiger partial charge on any atom is -0.504 e. The molecular formula is C30H34O10. The van der Waals surface area contributed by atoms with Gasteiger partial charge in [-0.3, -0.25) is 0 Å².